The third-order valence-corrected chi connectivity index (χ3v) is 4.44. The second kappa shape index (κ2) is 6.17. The maximum atomic E-state index is 12.7. The van der Waals surface area contributed by atoms with Crippen LogP contribution in [0.25, 0.3) is 0 Å². The highest BCUT2D eigenvalue weighted by Gasteiger charge is 2.29. The summed E-state index contributed by atoms with van der Waals surface area (Å²) in [6.45, 7) is 1.81. The molecule has 0 aliphatic carbocycles. The Labute approximate surface area is 121 Å². The molecular formula is C14H14F2N2O2S. The number of para-hydroxylation sites is 1. The van der Waals surface area contributed by atoms with Crippen LogP contribution in [-0.4, -0.2) is 19.2 Å². The van der Waals surface area contributed by atoms with Crippen LogP contribution in [0.4, 0.5) is 14.5 Å². The Morgan fingerprint density at radius 2 is 1.71 bits per heavy atom. The van der Waals surface area contributed by atoms with Gasteiger partial charge in [-0.2, -0.15) is 8.78 Å². The lowest BCUT2D eigenvalue weighted by atomic mass is 10.1. The standard InChI is InChI=1S/C14H14F2N2O2S/c1-10(11-6-8-17-9-7-11)18-12-4-2-3-5-13(12)21(19,20)14(15)16/h2-10,14,18H,1H3. The van der Waals surface area contributed by atoms with Crippen LogP contribution in [-0.2, 0) is 9.84 Å². The quantitative estimate of drug-likeness (QED) is 0.920. The van der Waals surface area contributed by atoms with E-state index in [0.717, 1.165) is 5.56 Å². The number of alkyl halides is 2. The first-order valence-corrected chi connectivity index (χ1v) is 7.75. The van der Waals surface area contributed by atoms with Crippen LogP contribution >= 0.6 is 0 Å². The summed E-state index contributed by atoms with van der Waals surface area (Å²) in [5, 5.41) is 2.95. The van der Waals surface area contributed by atoms with E-state index in [4.69, 9.17) is 0 Å². The first kappa shape index (κ1) is 15.4. The SMILES string of the molecule is CC(Nc1ccccc1S(=O)(=O)C(F)F)c1ccncc1. The van der Waals surface area contributed by atoms with Crippen molar-refractivity contribution in [2.45, 2.75) is 23.6 Å². The van der Waals surface area contributed by atoms with Gasteiger partial charge >= 0.3 is 5.76 Å². The molecule has 1 unspecified atom stereocenters. The minimum absolute atomic E-state index is 0.155. The molecule has 0 amide bonds. The number of halogens is 2. The van der Waals surface area contributed by atoms with Gasteiger partial charge in [-0.1, -0.05) is 12.1 Å². The van der Waals surface area contributed by atoms with E-state index in [9.17, 15) is 17.2 Å². The number of nitrogens with zero attached hydrogens (tertiary/aromatic N) is 1. The van der Waals surface area contributed by atoms with E-state index in [-0.39, 0.29) is 11.7 Å². The van der Waals surface area contributed by atoms with Crippen molar-refractivity contribution in [3.63, 3.8) is 0 Å². The van der Waals surface area contributed by atoms with Gasteiger partial charge in [0.15, 0.2) is 0 Å². The van der Waals surface area contributed by atoms with Crippen LogP contribution in [0.5, 0.6) is 0 Å². The molecule has 1 heterocycles. The fourth-order valence-electron chi connectivity index (χ4n) is 1.90. The molecule has 112 valence electrons. The lowest BCUT2D eigenvalue weighted by Gasteiger charge is -2.18. The van der Waals surface area contributed by atoms with Gasteiger partial charge in [-0.05, 0) is 36.8 Å². The Balaban J connectivity index is 2.34. The highest BCUT2D eigenvalue weighted by atomic mass is 32.2. The smallest absolute Gasteiger partial charge is 0.341 e. The number of rotatable bonds is 5. The first-order chi connectivity index (χ1) is 9.93. The van der Waals surface area contributed by atoms with Crippen molar-refractivity contribution < 1.29 is 17.2 Å². The molecule has 0 aliphatic rings. The van der Waals surface area contributed by atoms with Crippen LogP contribution in [0.2, 0.25) is 0 Å². The normalized spacial score (nSPS) is 13.1. The topological polar surface area (TPSA) is 59.1 Å². The summed E-state index contributed by atoms with van der Waals surface area (Å²) in [6, 6.07) is 8.92. The van der Waals surface area contributed by atoms with E-state index in [1.807, 2.05) is 0 Å². The summed E-state index contributed by atoms with van der Waals surface area (Å²) >= 11 is 0. The Bertz CT molecular complexity index is 706. The minimum Gasteiger partial charge on any atom is -0.377 e. The van der Waals surface area contributed by atoms with Crippen molar-refractivity contribution in [3.05, 3.63) is 54.4 Å². The first-order valence-electron chi connectivity index (χ1n) is 6.20. The van der Waals surface area contributed by atoms with Crippen LogP contribution in [0.3, 0.4) is 0 Å². The predicted octanol–water partition coefficient (Wildman–Crippen LogP) is 3.25. The molecule has 2 rings (SSSR count). The molecule has 0 saturated heterocycles. The van der Waals surface area contributed by atoms with Gasteiger partial charge < -0.3 is 5.32 Å². The zero-order valence-corrected chi connectivity index (χ0v) is 12.0. The Morgan fingerprint density at radius 3 is 2.33 bits per heavy atom. The van der Waals surface area contributed by atoms with E-state index in [1.165, 1.54) is 18.2 Å². The molecule has 4 nitrogen and oxygen atoms in total. The number of nitrogens with one attached hydrogen (secondary N) is 1. The Hall–Kier alpha value is -2.02. The molecule has 1 aromatic carbocycles. The van der Waals surface area contributed by atoms with Crippen molar-refractivity contribution in [1.82, 2.24) is 4.98 Å². The summed E-state index contributed by atoms with van der Waals surface area (Å²) in [5.74, 6) is -3.45. The monoisotopic (exact) mass is 312 g/mol. The van der Waals surface area contributed by atoms with Gasteiger partial charge in [-0.3, -0.25) is 4.98 Å². The van der Waals surface area contributed by atoms with Crippen LogP contribution < -0.4 is 5.32 Å². The second-order valence-corrected chi connectivity index (χ2v) is 6.33. The van der Waals surface area contributed by atoms with Crippen LogP contribution in [0.1, 0.15) is 18.5 Å². The summed E-state index contributed by atoms with van der Waals surface area (Å²) < 4.78 is 48.8. The van der Waals surface area contributed by atoms with E-state index in [2.05, 4.69) is 10.3 Å². The zero-order chi connectivity index (χ0) is 15.5. The van der Waals surface area contributed by atoms with E-state index in [0.29, 0.717) is 0 Å². The number of pyridine rings is 1. The molecule has 2 aromatic rings. The molecule has 7 heteroatoms. The predicted molar refractivity (Wildman–Crippen MR) is 75.9 cm³/mol. The fraction of sp³-hybridized carbons (Fsp3) is 0.214. The lowest BCUT2D eigenvalue weighted by Crippen LogP contribution is -2.15. The van der Waals surface area contributed by atoms with Crippen molar-refractivity contribution in [1.29, 1.82) is 0 Å². The van der Waals surface area contributed by atoms with Gasteiger partial charge in [0.1, 0.15) is 0 Å². The molecule has 0 bridgehead atoms. The van der Waals surface area contributed by atoms with Crippen molar-refractivity contribution >= 4 is 15.5 Å². The number of hydrogen-bond donors (Lipinski definition) is 1. The molecule has 21 heavy (non-hydrogen) atoms. The maximum Gasteiger partial charge on any atom is 0.341 e. The largest absolute Gasteiger partial charge is 0.377 e. The fourth-order valence-corrected chi connectivity index (χ4v) is 2.79. The molecule has 0 saturated carbocycles. The highest BCUT2D eigenvalue weighted by molar-refractivity contribution is 7.91. The Morgan fingerprint density at radius 1 is 1.10 bits per heavy atom. The third-order valence-electron chi connectivity index (χ3n) is 3.01. The summed E-state index contributed by atoms with van der Waals surface area (Å²) in [6.07, 6.45) is 3.21. The molecule has 1 aromatic heterocycles. The zero-order valence-electron chi connectivity index (χ0n) is 11.2. The number of benzene rings is 1. The number of aromatic nitrogens is 1. The second-order valence-electron chi connectivity index (χ2n) is 4.45. The molecule has 1 N–H and O–H groups in total. The highest BCUT2D eigenvalue weighted by Crippen LogP contribution is 2.28. The van der Waals surface area contributed by atoms with E-state index < -0.39 is 20.5 Å². The maximum absolute atomic E-state index is 12.7. The molecule has 0 spiro atoms. The molecule has 1 atom stereocenters. The molecular weight excluding hydrogens is 298 g/mol. The third kappa shape index (κ3) is 3.36. The van der Waals surface area contributed by atoms with E-state index >= 15 is 0 Å². The number of anilines is 1. The van der Waals surface area contributed by atoms with Gasteiger partial charge in [0.25, 0.3) is 0 Å². The summed E-state index contributed by atoms with van der Waals surface area (Å²) in [5.41, 5.74) is 1.02. The average molecular weight is 312 g/mol. The summed E-state index contributed by atoms with van der Waals surface area (Å²) in [7, 11) is -4.64. The van der Waals surface area contributed by atoms with Crippen LogP contribution in [0, 0.1) is 0 Å². The van der Waals surface area contributed by atoms with Gasteiger partial charge in [0.05, 0.1) is 10.6 Å². The van der Waals surface area contributed by atoms with Gasteiger partial charge in [-0.25, -0.2) is 8.42 Å². The number of hydrogen-bond acceptors (Lipinski definition) is 4. The van der Waals surface area contributed by atoms with Gasteiger partial charge in [-0.15, -0.1) is 0 Å². The van der Waals surface area contributed by atoms with Gasteiger partial charge in [0.2, 0.25) is 9.84 Å². The average Bonchev–Trinajstić information content (AvgIpc) is 2.48. The lowest BCUT2D eigenvalue weighted by molar-refractivity contribution is 0.235. The molecule has 0 aliphatic heterocycles. The van der Waals surface area contributed by atoms with E-state index in [1.54, 1.807) is 37.5 Å². The van der Waals surface area contributed by atoms with Crippen LogP contribution in [0.15, 0.2) is 53.7 Å². The van der Waals surface area contributed by atoms with Crippen molar-refractivity contribution in [2.24, 2.45) is 0 Å². The van der Waals surface area contributed by atoms with Gasteiger partial charge in [0, 0.05) is 18.4 Å². The summed E-state index contributed by atoms with van der Waals surface area (Å²) in [4.78, 5) is 3.49. The Kier molecular flexibility index (Phi) is 4.52. The minimum atomic E-state index is -4.64. The van der Waals surface area contributed by atoms with Crippen molar-refractivity contribution in [3.8, 4) is 0 Å². The molecule has 0 radical (unpaired) electrons. The van der Waals surface area contributed by atoms with Crippen molar-refractivity contribution in [2.75, 3.05) is 5.32 Å². The molecule has 0 fully saturated rings. The number of sulfone groups is 1.